The number of nitrogens with zero attached hydrogens (tertiary/aromatic N) is 4. The maximum atomic E-state index is 10.3. The van der Waals surface area contributed by atoms with E-state index in [1.165, 1.54) is 24.3 Å². The van der Waals surface area contributed by atoms with Crippen LogP contribution in [0.5, 0.6) is 0 Å². The van der Waals surface area contributed by atoms with Crippen molar-refractivity contribution in [3.05, 3.63) is 0 Å². The van der Waals surface area contributed by atoms with Crippen molar-refractivity contribution in [2.24, 2.45) is 20.0 Å². The summed E-state index contributed by atoms with van der Waals surface area (Å²) < 4.78 is 0. The molecule has 0 saturated heterocycles. The van der Waals surface area contributed by atoms with E-state index in [1.807, 2.05) is 0 Å². The van der Waals surface area contributed by atoms with Crippen LogP contribution in [0.25, 0.3) is 0 Å². The first-order chi connectivity index (χ1) is 10.1. The summed E-state index contributed by atoms with van der Waals surface area (Å²) >= 11 is 8.53. The molecule has 0 radical (unpaired) electrons. The van der Waals surface area contributed by atoms with Crippen LogP contribution < -0.4 is 0 Å². The van der Waals surface area contributed by atoms with Gasteiger partial charge in [0, 0.05) is 10.5 Å². The SMILES string of the molecule is O=C=NCC(N=C=O)C(S)CC(S)C(CN=C=O)N=C=O. The van der Waals surface area contributed by atoms with Crippen LogP contribution in [0.2, 0.25) is 0 Å². The topological polar surface area (TPSA) is 118 Å². The molecular weight excluding hydrogens is 316 g/mol. The van der Waals surface area contributed by atoms with Crippen LogP contribution in [-0.2, 0) is 19.2 Å². The summed E-state index contributed by atoms with van der Waals surface area (Å²) in [6.45, 7) is -0.136. The van der Waals surface area contributed by atoms with Crippen LogP contribution in [0, 0.1) is 0 Å². The Kier molecular flexibility index (Phi) is 11.0. The predicted molar refractivity (Wildman–Crippen MR) is 80.0 cm³/mol. The molecule has 0 bridgehead atoms. The van der Waals surface area contributed by atoms with Crippen molar-refractivity contribution in [3.63, 3.8) is 0 Å². The molecule has 0 aromatic heterocycles. The lowest BCUT2D eigenvalue weighted by molar-refractivity contribution is 0.522. The van der Waals surface area contributed by atoms with E-state index in [4.69, 9.17) is 0 Å². The molecule has 10 heteroatoms. The molecule has 0 heterocycles. The lowest BCUT2D eigenvalue weighted by Gasteiger charge is -2.22. The molecule has 0 aromatic rings. The summed E-state index contributed by atoms with van der Waals surface area (Å²) in [6, 6.07) is -1.37. The molecule has 8 nitrogen and oxygen atoms in total. The third-order valence-corrected chi connectivity index (χ3v) is 3.60. The van der Waals surface area contributed by atoms with Gasteiger partial charge in [-0.25, -0.2) is 29.2 Å². The Morgan fingerprint density at radius 1 is 0.714 bits per heavy atom. The molecule has 21 heavy (non-hydrogen) atoms. The average Bonchev–Trinajstić information content (AvgIpc) is 2.47. The number of hydrogen-bond donors (Lipinski definition) is 2. The van der Waals surface area contributed by atoms with Gasteiger partial charge in [-0.1, -0.05) is 0 Å². The van der Waals surface area contributed by atoms with Crippen LogP contribution >= 0.6 is 25.3 Å². The summed E-state index contributed by atoms with van der Waals surface area (Å²) in [4.78, 5) is 54.5. The Bertz CT molecular complexity index is 472. The molecule has 112 valence electrons. The standard InChI is InChI=1S/C11H12N4O4S2/c16-4-12-2-8(14-6-18)10(20)1-11(21)9(15-7-19)3-13-5-17/h8-11,20-21H,1-3H2. The van der Waals surface area contributed by atoms with Gasteiger partial charge in [0.2, 0.25) is 24.3 Å². The molecule has 0 spiro atoms. The second kappa shape index (κ2) is 12.0. The fourth-order valence-electron chi connectivity index (χ4n) is 1.46. The third-order valence-electron chi connectivity index (χ3n) is 2.49. The number of thiol groups is 2. The van der Waals surface area contributed by atoms with Crippen LogP contribution in [-0.4, -0.2) is 60.0 Å². The molecule has 0 aliphatic carbocycles. The maximum Gasteiger partial charge on any atom is 0.235 e. The van der Waals surface area contributed by atoms with Crippen LogP contribution in [0.1, 0.15) is 6.42 Å². The number of rotatable bonds is 10. The van der Waals surface area contributed by atoms with Gasteiger partial charge in [0.1, 0.15) is 0 Å². The molecule has 0 amide bonds. The first kappa shape index (κ1) is 19.2. The minimum absolute atomic E-state index is 0.0679. The maximum absolute atomic E-state index is 10.3. The summed E-state index contributed by atoms with van der Waals surface area (Å²) in [6.07, 6.45) is 5.70. The molecule has 0 aliphatic rings. The Morgan fingerprint density at radius 3 is 1.38 bits per heavy atom. The zero-order valence-electron chi connectivity index (χ0n) is 10.7. The predicted octanol–water partition coefficient (Wildman–Crippen LogP) is 0.0537. The summed E-state index contributed by atoms with van der Waals surface area (Å²) in [7, 11) is 0. The monoisotopic (exact) mass is 328 g/mol. The highest BCUT2D eigenvalue weighted by atomic mass is 32.1. The molecule has 0 aromatic carbocycles. The van der Waals surface area contributed by atoms with Crippen LogP contribution in [0.15, 0.2) is 20.0 Å². The molecule has 0 aliphatic heterocycles. The Morgan fingerprint density at radius 2 is 1.10 bits per heavy atom. The van der Waals surface area contributed by atoms with E-state index in [0.29, 0.717) is 0 Å². The van der Waals surface area contributed by atoms with Crippen LogP contribution in [0.4, 0.5) is 0 Å². The average molecular weight is 328 g/mol. The molecule has 4 atom stereocenters. The van der Waals surface area contributed by atoms with Gasteiger partial charge in [-0.05, 0) is 6.42 Å². The lowest BCUT2D eigenvalue weighted by atomic mass is 10.0. The smallest absolute Gasteiger partial charge is 0.211 e. The van der Waals surface area contributed by atoms with Gasteiger partial charge in [0.05, 0.1) is 25.2 Å². The minimum atomic E-state index is -0.683. The van der Waals surface area contributed by atoms with E-state index in [0.717, 1.165) is 0 Å². The van der Waals surface area contributed by atoms with E-state index in [1.54, 1.807) is 0 Å². The first-order valence-corrected chi connectivity index (χ1v) is 6.71. The summed E-state index contributed by atoms with van der Waals surface area (Å²) in [5.41, 5.74) is 0. The van der Waals surface area contributed by atoms with E-state index in [2.05, 4.69) is 45.2 Å². The third kappa shape index (κ3) is 8.17. The van der Waals surface area contributed by atoms with Gasteiger partial charge >= 0.3 is 0 Å². The van der Waals surface area contributed by atoms with E-state index in [9.17, 15) is 19.2 Å². The molecular formula is C11H12N4O4S2. The molecule has 4 unspecified atom stereocenters. The van der Waals surface area contributed by atoms with E-state index < -0.39 is 22.6 Å². The lowest BCUT2D eigenvalue weighted by Crippen LogP contribution is -2.31. The Labute approximate surface area is 131 Å². The molecule has 0 N–H and O–H groups in total. The molecule has 0 rings (SSSR count). The van der Waals surface area contributed by atoms with Crippen molar-refractivity contribution in [2.45, 2.75) is 29.0 Å². The molecule has 0 saturated carbocycles. The number of aliphatic imine (C=N–C) groups is 4. The van der Waals surface area contributed by atoms with Gasteiger partial charge in [-0.15, -0.1) is 0 Å². The fraction of sp³-hybridized carbons (Fsp3) is 0.636. The highest BCUT2D eigenvalue weighted by molar-refractivity contribution is 7.82. The van der Waals surface area contributed by atoms with Gasteiger partial charge in [0.25, 0.3) is 0 Å². The van der Waals surface area contributed by atoms with Crippen molar-refractivity contribution in [3.8, 4) is 0 Å². The number of hydrogen-bond acceptors (Lipinski definition) is 10. The zero-order chi connectivity index (χ0) is 16.1. The quantitative estimate of drug-likeness (QED) is 0.335. The second-order valence-corrected chi connectivity index (χ2v) is 5.14. The van der Waals surface area contributed by atoms with Crippen molar-refractivity contribution in [1.29, 1.82) is 0 Å². The van der Waals surface area contributed by atoms with Crippen LogP contribution in [0.3, 0.4) is 0 Å². The first-order valence-electron chi connectivity index (χ1n) is 5.68. The fourth-order valence-corrected chi connectivity index (χ4v) is 2.40. The minimum Gasteiger partial charge on any atom is -0.211 e. The van der Waals surface area contributed by atoms with Crippen molar-refractivity contribution < 1.29 is 19.2 Å². The highest BCUT2D eigenvalue weighted by Crippen LogP contribution is 2.20. The Balaban J connectivity index is 4.85. The highest BCUT2D eigenvalue weighted by Gasteiger charge is 2.25. The van der Waals surface area contributed by atoms with Gasteiger partial charge < -0.3 is 0 Å². The van der Waals surface area contributed by atoms with Crippen molar-refractivity contribution >= 4 is 49.6 Å². The largest absolute Gasteiger partial charge is 0.235 e. The second-order valence-electron chi connectivity index (χ2n) is 3.81. The van der Waals surface area contributed by atoms with Gasteiger partial charge in [-0.3, -0.25) is 0 Å². The number of carbonyl (C=O) groups excluding carboxylic acids is 4. The van der Waals surface area contributed by atoms with Crippen molar-refractivity contribution in [1.82, 2.24) is 0 Å². The van der Waals surface area contributed by atoms with Gasteiger partial charge in [0.15, 0.2) is 0 Å². The van der Waals surface area contributed by atoms with E-state index >= 15 is 0 Å². The van der Waals surface area contributed by atoms with Crippen molar-refractivity contribution in [2.75, 3.05) is 13.1 Å². The Hall–Kier alpha value is -1.78. The summed E-state index contributed by atoms with van der Waals surface area (Å²) in [5.74, 6) is 0. The number of isocyanates is 4. The zero-order valence-corrected chi connectivity index (χ0v) is 12.5. The normalized spacial score (nSPS) is 15.0. The summed E-state index contributed by atoms with van der Waals surface area (Å²) in [5, 5.41) is -0.980. The van der Waals surface area contributed by atoms with Gasteiger partial charge in [-0.2, -0.15) is 35.2 Å². The molecule has 0 fully saturated rings. The van der Waals surface area contributed by atoms with E-state index in [-0.39, 0.29) is 19.5 Å².